The van der Waals surface area contributed by atoms with Crippen LogP contribution in [0.15, 0.2) is 17.5 Å². The second-order valence-corrected chi connectivity index (χ2v) is 8.81. The second-order valence-electron chi connectivity index (χ2n) is 6.23. The molecule has 122 valence electrons. The van der Waals surface area contributed by atoms with Gasteiger partial charge in [0, 0.05) is 24.5 Å². The molecule has 1 aliphatic carbocycles. The van der Waals surface area contributed by atoms with Gasteiger partial charge in [0.25, 0.3) is 5.91 Å². The van der Waals surface area contributed by atoms with Crippen molar-refractivity contribution in [3.05, 3.63) is 27.5 Å². The van der Waals surface area contributed by atoms with E-state index in [1.54, 1.807) is 0 Å². The fourth-order valence-corrected chi connectivity index (χ4v) is 4.96. The first kappa shape index (κ1) is 15.6. The maximum absolute atomic E-state index is 12.3. The van der Waals surface area contributed by atoms with Crippen LogP contribution in [0, 0.1) is 5.92 Å². The van der Waals surface area contributed by atoms with E-state index in [9.17, 15) is 4.79 Å². The van der Waals surface area contributed by atoms with Gasteiger partial charge in [0.1, 0.15) is 10.7 Å². The smallest absolute Gasteiger partial charge is 0.270 e. The Labute approximate surface area is 148 Å². The monoisotopic (exact) mass is 367 g/mol. The first-order valence-electron chi connectivity index (χ1n) is 7.92. The average Bonchev–Trinajstić information content (AvgIpc) is 2.96. The van der Waals surface area contributed by atoms with E-state index >= 15 is 0 Å². The van der Waals surface area contributed by atoms with Gasteiger partial charge in [-0.3, -0.25) is 4.79 Å². The highest BCUT2D eigenvalue weighted by molar-refractivity contribution is 7.23. The molecular weight excluding hydrogens is 350 g/mol. The van der Waals surface area contributed by atoms with Crippen LogP contribution in [0.5, 0.6) is 0 Å². The van der Waals surface area contributed by atoms with E-state index in [-0.39, 0.29) is 5.91 Å². The Morgan fingerprint density at radius 2 is 2.26 bits per heavy atom. The summed E-state index contributed by atoms with van der Waals surface area (Å²) in [5.41, 5.74) is 0.506. The summed E-state index contributed by atoms with van der Waals surface area (Å²) < 4.78 is 0.739. The molecule has 0 aromatic carbocycles. The van der Waals surface area contributed by atoms with Crippen LogP contribution >= 0.6 is 34.3 Å². The van der Waals surface area contributed by atoms with Gasteiger partial charge in [0.05, 0.1) is 9.21 Å². The predicted octanol–water partition coefficient (Wildman–Crippen LogP) is 3.74. The van der Waals surface area contributed by atoms with E-state index in [1.165, 1.54) is 48.5 Å². The lowest BCUT2D eigenvalue weighted by Crippen LogP contribution is -2.31. The summed E-state index contributed by atoms with van der Waals surface area (Å²) in [6.07, 6.45) is 3.90. The van der Waals surface area contributed by atoms with Crippen LogP contribution in [0.4, 0.5) is 0 Å². The van der Waals surface area contributed by atoms with Crippen molar-refractivity contribution in [2.45, 2.75) is 25.3 Å². The van der Waals surface area contributed by atoms with Gasteiger partial charge in [-0.05, 0) is 43.9 Å². The quantitative estimate of drug-likeness (QED) is 0.875. The molecule has 3 heterocycles. The minimum absolute atomic E-state index is 0.0694. The second kappa shape index (κ2) is 6.51. The lowest BCUT2D eigenvalue weighted by Gasteiger charge is -2.14. The standard InChI is InChI=1S/C16H18ClN3OS2/c17-14-4-3-13(23-14)16-19-12(9-22-16)15(21)18-7-10-5-6-20(8-10)11-1-2-11/h3-4,9-11H,1-2,5-8H2,(H,18,21). The Morgan fingerprint density at radius 3 is 3.00 bits per heavy atom. The third kappa shape index (κ3) is 3.60. The van der Waals surface area contributed by atoms with Crippen LogP contribution in [0.3, 0.4) is 0 Å². The van der Waals surface area contributed by atoms with Gasteiger partial charge in [0.15, 0.2) is 0 Å². The Bertz CT molecular complexity index is 710. The Kier molecular flexibility index (Phi) is 4.41. The first-order valence-corrected chi connectivity index (χ1v) is 10.00. The number of thiophene rings is 1. The molecule has 2 aromatic heterocycles. The average molecular weight is 368 g/mol. The van der Waals surface area contributed by atoms with Crippen LogP contribution in [0.25, 0.3) is 9.88 Å². The van der Waals surface area contributed by atoms with Crippen molar-refractivity contribution in [1.29, 1.82) is 0 Å². The molecule has 1 saturated heterocycles. The zero-order valence-electron chi connectivity index (χ0n) is 12.6. The molecule has 4 rings (SSSR count). The molecular formula is C16H18ClN3OS2. The molecule has 2 aromatic rings. The van der Waals surface area contributed by atoms with Gasteiger partial charge >= 0.3 is 0 Å². The molecule has 1 atom stereocenters. The zero-order valence-corrected chi connectivity index (χ0v) is 15.0. The largest absolute Gasteiger partial charge is 0.350 e. The molecule has 2 fully saturated rings. The lowest BCUT2D eigenvalue weighted by atomic mass is 10.1. The van der Waals surface area contributed by atoms with Gasteiger partial charge in [0.2, 0.25) is 0 Å². The van der Waals surface area contributed by atoms with E-state index in [1.807, 2.05) is 17.5 Å². The van der Waals surface area contributed by atoms with Crippen molar-refractivity contribution < 1.29 is 4.79 Å². The summed E-state index contributed by atoms with van der Waals surface area (Å²) >= 11 is 8.92. The highest BCUT2D eigenvalue weighted by atomic mass is 35.5. The van der Waals surface area contributed by atoms with Crippen LogP contribution in [-0.2, 0) is 0 Å². The normalized spacial score (nSPS) is 21.7. The zero-order chi connectivity index (χ0) is 15.8. The number of carbonyl (C=O) groups is 1. The van der Waals surface area contributed by atoms with Gasteiger partial charge in [-0.2, -0.15) is 0 Å². The lowest BCUT2D eigenvalue weighted by molar-refractivity contribution is 0.0943. The summed E-state index contributed by atoms with van der Waals surface area (Å²) in [6, 6.07) is 4.63. The number of hydrogen-bond donors (Lipinski definition) is 1. The Balaban J connectivity index is 1.32. The Hall–Kier alpha value is -0.950. The molecule has 1 amide bonds. The number of halogens is 1. The van der Waals surface area contributed by atoms with Crippen LogP contribution in [0.2, 0.25) is 4.34 Å². The van der Waals surface area contributed by atoms with Crippen molar-refractivity contribution >= 4 is 40.2 Å². The molecule has 2 aliphatic rings. The number of nitrogens with one attached hydrogen (secondary N) is 1. The van der Waals surface area contributed by atoms with Crippen molar-refractivity contribution in [3.63, 3.8) is 0 Å². The van der Waals surface area contributed by atoms with E-state index in [4.69, 9.17) is 11.6 Å². The number of likely N-dealkylation sites (tertiary alicyclic amines) is 1. The molecule has 4 nitrogen and oxygen atoms in total. The molecule has 1 unspecified atom stereocenters. The molecule has 0 radical (unpaired) electrons. The summed E-state index contributed by atoms with van der Waals surface area (Å²) in [6.45, 7) is 3.06. The molecule has 0 spiro atoms. The molecule has 7 heteroatoms. The Morgan fingerprint density at radius 1 is 1.39 bits per heavy atom. The van der Waals surface area contributed by atoms with Gasteiger partial charge in [-0.1, -0.05) is 11.6 Å². The van der Waals surface area contributed by atoms with Crippen molar-refractivity contribution in [2.24, 2.45) is 5.92 Å². The maximum Gasteiger partial charge on any atom is 0.270 e. The molecule has 23 heavy (non-hydrogen) atoms. The minimum atomic E-state index is -0.0694. The van der Waals surface area contributed by atoms with Crippen LogP contribution in [0.1, 0.15) is 29.8 Å². The van der Waals surface area contributed by atoms with Gasteiger partial charge < -0.3 is 10.2 Å². The molecule has 1 aliphatic heterocycles. The summed E-state index contributed by atoms with van der Waals surface area (Å²) in [5.74, 6) is 0.508. The van der Waals surface area contributed by atoms with Crippen molar-refractivity contribution in [1.82, 2.24) is 15.2 Å². The van der Waals surface area contributed by atoms with Crippen LogP contribution < -0.4 is 5.32 Å². The van der Waals surface area contributed by atoms with E-state index < -0.39 is 0 Å². The fraction of sp³-hybridized carbons (Fsp3) is 0.500. The number of carbonyl (C=O) groups excluding carboxylic acids is 1. The van der Waals surface area contributed by atoms with E-state index in [2.05, 4.69) is 15.2 Å². The highest BCUT2D eigenvalue weighted by Crippen LogP contribution is 2.33. The highest BCUT2D eigenvalue weighted by Gasteiger charge is 2.34. The van der Waals surface area contributed by atoms with Gasteiger partial charge in [-0.25, -0.2) is 4.98 Å². The third-order valence-corrected chi connectivity index (χ3v) is 6.70. The maximum atomic E-state index is 12.3. The number of hydrogen-bond acceptors (Lipinski definition) is 5. The number of rotatable bonds is 5. The van der Waals surface area contributed by atoms with Crippen molar-refractivity contribution in [3.8, 4) is 9.88 Å². The SMILES string of the molecule is O=C(NCC1CCN(C2CC2)C1)c1csc(-c2ccc(Cl)s2)n1. The van der Waals surface area contributed by atoms with Gasteiger partial charge in [-0.15, -0.1) is 22.7 Å². The van der Waals surface area contributed by atoms with Crippen LogP contribution in [-0.4, -0.2) is 41.5 Å². The summed E-state index contributed by atoms with van der Waals surface area (Å²) in [4.78, 5) is 20.3. The topological polar surface area (TPSA) is 45.2 Å². The fourth-order valence-electron chi connectivity index (χ4n) is 3.05. The summed E-state index contributed by atoms with van der Waals surface area (Å²) in [5, 5.41) is 5.72. The third-order valence-electron chi connectivity index (χ3n) is 4.45. The predicted molar refractivity (Wildman–Crippen MR) is 95.5 cm³/mol. The minimum Gasteiger partial charge on any atom is -0.350 e. The number of aromatic nitrogens is 1. The number of thiazole rings is 1. The summed E-state index contributed by atoms with van der Waals surface area (Å²) in [7, 11) is 0. The molecule has 1 N–H and O–H groups in total. The van der Waals surface area contributed by atoms with Crippen molar-refractivity contribution in [2.75, 3.05) is 19.6 Å². The first-order chi connectivity index (χ1) is 11.2. The van der Waals surface area contributed by atoms with E-state index in [0.717, 1.165) is 33.4 Å². The molecule has 0 bridgehead atoms. The van der Waals surface area contributed by atoms with E-state index in [0.29, 0.717) is 11.6 Å². The number of nitrogens with zero attached hydrogens (tertiary/aromatic N) is 2. The molecule has 1 saturated carbocycles. The number of amides is 1.